The van der Waals surface area contributed by atoms with E-state index in [1.165, 1.54) is 0 Å². The Hall–Kier alpha value is -2.04. The molecule has 0 heterocycles. The summed E-state index contributed by atoms with van der Waals surface area (Å²) in [5, 5.41) is 15.3. The Morgan fingerprint density at radius 2 is 1.68 bits per heavy atom. The van der Waals surface area contributed by atoms with Gasteiger partial charge in [-0.15, -0.1) is 0 Å². The molecule has 2 aromatic rings. The van der Waals surface area contributed by atoms with Gasteiger partial charge in [-0.25, -0.2) is 0 Å². The van der Waals surface area contributed by atoms with Crippen LogP contribution in [0.5, 0.6) is 11.5 Å². The van der Waals surface area contributed by atoms with Crippen molar-refractivity contribution in [2.45, 2.75) is 44.9 Å². The van der Waals surface area contributed by atoms with Crippen LogP contribution in [0.2, 0.25) is 0 Å². The van der Waals surface area contributed by atoms with E-state index < -0.39 is 5.60 Å². The molecular weight excluding hydrogens is 314 g/mol. The molecular formula is C21H29NO3. The van der Waals surface area contributed by atoms with Gasteiger partial charge in [0.25, 0.3) is 0 Å². The third-order valence-electron chi connectivity index (χ3n) is 4.32. The highest BCUT2D eigenvalue weighted by Crippen LogP contribution is 2.41. The van der Waals surface area contributed by atoms with Crippen LogP contribution < -0.4 is 14.8 Å². The van der Waals surface area contributed by atoms with Crippen LogP contribution in [0, 0.1) is 0 Å². The summed E-state index contributed by atoms with van der Waals surface area (Å²) >= 11 is 0. The zero-order valence-corrected chi connectivity index (χ0v) is 15.7. The topological polar surface area (TPSA) is 50.7 Å². The molecule has 2 rings (SSSR count). The number of hydrogen-bond donors (Lipinski definition) is 2. The van der Waals surface area contributed by atoms with E-state index in [-0.39, 0.29) is 6.04 Å². The molecule has 0 spiro atoms. The first-order chi connectivity index (χ1) is 11.9. The Bertz CT molecular complexity index is 672. The second-order valence-corrected chi connectivity index (χ2v) is 6.72. The third kappa shape index (κ3) is 4.53. The fourth-order valence-electron chi connectivity index (χ4n) is 3.31. The number of nitrogens with one attached hydrogen (secondary N) is 1. The van der Waals surface area contributed by atoms with Crippen molar-refractivity contribution in [2.24, 2.45) is 0 Å². The first-order valence-corrected chi connectivity index (χ1v) is 8.67. The fraction of sp³-hybridized carbons (Fsp3) is 0.429. The molecule has 136 valence electrons. The predicted octanol–water partition coefficient (Wildman–Crippen LogP) is 3.72. The largest absolute Gasteiger partial charge is 0.497 e. The van der Waals surface area contributed by atoms with Gasteiger partial charge in [0.05, 0.1) is 14.2 Å². The summed E-state index contributed by atoms with van der Waals surface area (Å²) < 4.78 is 10.9. The average Bonchev–Trinajstić information content (AvgIpc) is 2.61. The SMILES string of the molecule is COc1ccc(OC)c(C(O)(CC(C)NC(C)C)c2ccccc2)c1. The normalized spacial score (nSPS) is 14.8. The Labute approximate surface area is 150 Å². The molecule has 2 aromatic carbocycles. The molecule has 0 saturated heterocycles. The van der Waals surface area contributed by atoms with Gasteiger partial charge in [-0.3, -0.25) is 0 Å². The van der Waals surface area contributed by atoms with E-state index in [9.17, 15) is 5.11 Å². The van der Waals surface area contributed by atoms with Crippen molar-refractivity contribution in [3.05, 3.63) is 59.7 Å². The lowest BCUT2D eigenvalue weighted by Gasteiger charge is -2.34. The van der Waals surface area contributed by atoms with Crippen LogP contribution in [0.4, 0.5) is 0 Å². The van der Waals surface area contributed by atoms with Crippen molar-refractivity contribution in [1.29, 1.82) is 0 Å². The summed E-state index contributed by atoms with van der Waals surface area (Å²) in [6.07, 6.45) is 0.513. The molecule has 4 heteroatoms. The minimum absolute atomic E-state index is 0.112. The molecule has 0 radical (unpaired) electrons. The van der Waals surface area contributed by atoms with Crippen LogP contribution in [-0.2, 0) is 5.60 Å². The van der Waals surface area contributed by atoms with E-state index in [0.29, 0.717) is 29.5 Å². The lowest BCUT2D eigenvalue weighted by atomic mass is 9.80. The summed E-state index contributed by atoms with van der Waals surface area (Å²) in [7, 11) is 3.24. The van der Waals surface area contributed by atoms with Gasteiger partial charge in [0.2, 0.25) is 0 Å². The number of methoxy groups -OCH3 is 2. The van der Waals surface area contributed by atoms with Crippen molar-refractivity contribution in [1.82, 2.24) is 5.32 Å². The summed E-state index contributed by atoms with van der Waals surface area (Å²) in [6.45, 7) is 6.29. The Kier molecular flexibility index (Phi) is 6.45. The van der Waals surface area contributed by atoms with E-state index in [4.69, 9.17) is 9.47 Å². The van der Waals surface area contributed by atoms with Crippen LogP contribution >= 0.6 is 0 Å². The van der Waals surface area contributed by atoms with Gasteiger partial charge in [0.15, 0.2) is 0 Å². The molecule has 2 atom stereocenters. The van der Waals surface area contributed by atoms with E-state index in [1.807, 2.05) is 48.5 Å². The van der Waals surface area contributed by atoms with E-state index in [0.717, 1.165) is 5.56 Å². The van der Waals surface area contributed by atoms with Gasteiger partial charge in [0, 0.05) is 17.6 Å². The Morgan fingerprint density at radius 1 is 1.00 bits per heavy atom. The monoisotopic (exact) mass is 343 g/mol. The molecule has 0 aliphatic rings. The molecule has 2 unspecified atom stereocenters. The minimum atomic E-state index is -1.19. The number of hydrogen-bond acceptors (Lipinski definition) is 4. The van der Waals surface area contributed by atoms with Crippen molar-refractivity contribution in [2.75, 3.05) is 14.2 Å². The van der Waals surface area contributed by atoms with Gasteiger partial charge in [-0.2, -0.15) is 0 Å². The standard InChI is InChI=1S/C21H29NO3/c1-15(2)22-16(3)14-21(23,17-9-7-6-8-10-17)19-13-18(24-4)11-12-20(19)25-5/h6-13,15-16,22-23H,14H2,1-5H3. The zero-order chi connectivity index (χ0) is 18.4. The first-order valence-electron chi connectivity index (χ1n) is 8.67. The van der Waals surface area contributed by atoms with Crippen LogP contribution in [0.25, 0.3) is 0 Å². The zero-order valence-electron chi connectivity index (χ0n) is 15.7. The van der Waals surface area contributed by atoms with E-state index in [1.54, 1.807) is 14.2 Å². The van der Waals surface area contributed by atoms with Gasteiger partial charge in [-0.1, -0.05) is 44.2 Å². The first kappa shape index (κ1) is 19.3. The highest BCUT2D eigenvalue weighted by molar-refractivity contribution is 5.48. The van der Waals surface area contributed by atoms with Crippen LogP contribution in [0.1, 0.15) is 38.3 Å². The molecule has 25 heavy (non-hydrogen) atoms. The fourth-order valence-corrected chi connectivity index (χ4v) is 3.31. The van der Waals surface area contributed by atoms with Gasteiger partial charge in [0.1, 0.15) is 17.1 Å². The van der Waals surface area contributed by atoms with Crippen molar-refractivity contribution in [3.63, 3.8) is 0 Å². The minimum Gasteiger partial charge on any atom is -0.497 e. The molecule has 0 aliphatic carbocycles. The average molecular weight is 343 g/mol. The molecule has 0 amide bonds. The van der Waals surface area contributed by atoms with Gasteiger partial charge >= 0.3 is 0 Å². The predicted molar refractivity (Wildman–Crippen MR) is 101 cm³/mol. The Balaban J connectivity index is 2.55. The number of rotatable bonds is 8. The third-order valence-corrected chi connectivity index (χ3v) is 4.32. The van der Waals surface area contributed by atoms with Gasteiger partial charge in [-0.05, 0) is 37.1 Å². The summed E-state index contributed by atoms with van der Waals surface area (Å²) in [5.74, 6) is 1.33. The smallest absolute Gasteiger partial charge is 0.125 e. The van der Waals surface area contributed by atoms with E-state index >= 15 is 0 Å². The van der Waals surface area contributed by atoms with Gasteiger partial charge < -0.3 is 19.9 Å². The maximum atomic E-state index is 11.8. The maximum Gasteiger partial charge on any atom is 0.125 e. The molecule has 0 aliphatic heterocycles. The summed E-state index contributed by atoms with van der Waals surface area (Å²) in [4.78, 5) is 0. The number of aliphatic hydroxyl groups is 1. The molecule has 0 fully saturated rings. The van der Waals surface area contributed by atoms with Crippen molar-refractivity contribution in [3.8, 4) is 11.5 Å². The lowest BCUT2D eigenvalue weighted by molar-refractivity contribution is 0.0572. The van der Waals surface area contributed by atoms with Crippen LogP contribution in [0.3, 0.4) is 0 Å². The highest BCUT2D eigenvalue weighted by atomic mass is 16.5. The van der Waals surface area contributed by atoms with Crippen molar-refractivity contribution < 1.29 is 14.6 Å². The highest BCUT2D eigenvalue weighted by Gasteiger charge is 2.36. The maximum absolute atomic E-state index is 11.8. The molecule has 4 nitrogen and oxygen atoms in total. The summed E-state index contributed by atoms with van der Waals surface area (Å²) in [5.41, 5.74) is 0.347. The molecule has 2 N–H and O–H groups in total. The lowest BCUT2D eigenvalue weighted by Crippen LogP contribution is -2.40. The quantitative estimate of drug-likeness (QED) is 0.767. The van der Waals surface area contributed by atoms with Crippen LogP contribution in [-0.4, -0.2) is 31.4 Å². The molecule has 0 aromatic heterocycles. The van der Waals surface area contributed by atoms with E-state index in [2.05, 4.69) is 26.1 Å². The Morgan fingerprint density at radius 3 is 2.24 bits per heavy atom. The number of benzene rings is 2. The van der Waals surface area contributed by atoms with Crippen LogP contribution in [0.15, 0.2) is 48.5 Å². The second-order valence-electron chi connectivity index (χ2n) is 6.72. The number of ether oxygens (including phenoxy) is 2. The van der Waals surface area contributed by atoms with Crippen molar-refractivity contribution >= 4 is 0 Å². The summed E-state index contributed by atoms with van der Waals surface area (Å²) in [6, 6.07) is 15.7. The molecule has 0 saturated carbocycles. The second kappa shape index (κ2) is 8.37. The molecule has 0 bridgehead atoms.